The normalized spacial score (nSPS) is 10.5. The van der Waals surface area contributed by atoms with E-state index in [0.29, 0.717) is 5.56 Å². The van der Waals surface area contributed by atoms with Gasteiger partial charge in [0.05, 0.1) is 0 Å². The molecule has 17 heavy (non-hydrogen) atoms. The molecule has 4 nitrogen and oxygen atoms in total. The number of aromatic amines is 1. The van der Waals surface area contributed by atoms with Crippen molar-refractivity contribution in [3.8, 4) is 5.88 Å². The molecule has 0 spiro atoms. The molecule has 0 saturated heterocycles. The van der Waals surface area contributed by atoms with Gasteiger partial charge < -0.3 is 10.1 Å². The summed E-state index contributed by atoms with van der Waals surface area (Å²) in [4.78, 5) is 17.5. The largest absolute Gasteiger partial charge is 0.492 e. The van der Waals surface area contributed by atoms with Crippen molar-refractivity contribution < 1.29 is 9.50 Å². The summed E-state index contributed by atoms with van der Waals surface area (Å²) in [5.74, 6) is -0.571. The summed E-state index contributed by atoms with van der Waals surface area (Å²) in [6, 6.07) is 6.18. The number of nitrogens with zero attached hydrogens (tertiary/aromatic N) is 1. The van der Waals surface area contributed by atoms with Gasteiger partial charge in [0, 0.05) is 6.42 Å². The van der Waals surface area contributed by atoms with Crippen molar-refractivity contribution in [3.63, 3.8) is 0 Å². The summed E-state index contributed by atoms with van der Waals surface area (Å²) in [5, 5.41) is 9.36. The van der Waals surface area contributed by atoms with Crippen LogP contribution in [0.2, 0.25) is 0 Å². The molecule has 0 aliphatic heterocycles. The Labute approximate surface area is 104 Å². The maximum absolute atomic E-state index is 13.4. The summed E-state index contributed by atoms with van der Waals surface area (Å²) >= 11 is 2.88. The maximum Gasteiger partial charge on any atom is 0.269 e. The topological polar surface area (TPSA) is 66.0 Å². The Kier molecular flexibility index (Phi) is 3.23. The molecule has 1 aromatic carbocycles. The summed E-state index contributed by atoms with van der Waals surface area (Å²) in [7, 11) is 0. The van der Waals surface area contributed by atoms with Crippen molar-refractivity contribution >= 4 is 15.9 Å². The summed E-state index contributed by atoms with van der Waals surface area (Å²) in [5.41, 5.74) is -0.0961. The van der Waals surface area contributed by atoms with Gasteiger partial charge in [0.2, 0.25) is 5.88 Å². The van der Waals surface area contributed by atoms with Gasteiger partial charge in [-0.25, -0.2) is 4.39 Å². The van der Waals surface area contributed by atoms with Crippen molar-refractivity contribution in [1.29, 1.82) is 0 Å². The molecule has 0 saturated carbocycles. The lowest BCUT2D eigenvalue weighted by Gasteiger charge is -2.03. The highest BCUT2D eigenvalue weighted by molar-refractivity contribution is 9.10. The highest BCUT2D eigenvalue weighted by Crippen LogP contribution is 2.16. The van der Waals surface area contributed by atoms with Gasteiger partial charge >= 0.3 is 0 Å². The molecule has 2 rings (SSSR count). The fraction of sp³-hybridized carbons (Fsp3) is 0.0909. The first kappa shape index (κ1) is 11.8. The highest BCUT2D eigenvalue weighted by Gasteiger charge is 2.09. The lowest BCUT2D eigenvalue weighted by Crippen LogP contribution is -2.12. The van der Waals surface area contributed by atoms with Crippen LogP contribution in [-0.4, -0.2) is 15.1 Å². The van der Waals surface area contributed by atoms with Gasteiger partial charge in [-0.1, -0.05) is 18.2 Å². The molecule has 2 aromatic rings. The Balaban J connectivity index is 2.38. The van der Waals surface area contributed by atoms with E-state index in [1.54, 1.807) is 18.2 Å². The number of H-pyrrole nitrogens is 1. The Morgan fingerprint density at radius 1 is 1.41 bits per heavy atom. The minimum Gasteiger partial charge on any atom is -0.492 e. The average molecular weight is 299 g/mol. The van der Waals surface area contributed by atoms with E-state index in [1.807, 2.05) is 0 Å². The minimum atomic E-state index is -0.496. The number of hydrogen-bond donors (Lipinski definition) is 2. The van der Waals surface area contributed by atoms with Crippen molar-refractivity contribution in [2.45, 2.75) is 6.42 Å². The van der Waals surface area contributed by atoms with Gasteiger partial charge in [-0.15, -0.1) is 0 Å². The van der Waals surface area contributed by atoms with E-state index in [1.165, 1.54) is 6.07 Å². The smallest absolute Gasteiger partial charge is 0.269 e. The number of hydrogen-bond acceptors (Lipinski definition) is 3. The van der Waals surface area contributed by atoms with Crippen LogP contribution in [0.4, 0.5) is 4.39 Å². The third-order valence-corrected chi connectivity index (χ3v) is 2.92. The average Bonchev–Trinajstić information content (AvgIpc) is 2.29. The van der Waals surface area contributed by atoms with Crippen molar-refractivity contribution in [3.05, 3.63) is 56.3 Å². The quantitative estimate of drug-likeness (QED) is 0.891. The van der Waals surface area contributed by atoms with Crippen LogP contribution in [0.25, 0.3) is 0 Å². The Bertz CT molecular complexity index is 613. The molecule has 6 heteroatoms. The van der Waals surface area contributed by atoms with Crippen LogP contribution in [0.5, 0.6) is 5.88 Å². The summed E-state index contributed by atoms with van der Waals surface area (Å²) in [6.07, 6.45) is 0.114. The molecule has 2 N–H and O–H groups in total. The Morgan fingerprint density at radius 3 is 2.76 bits per heavy atom. The second-order valence-corrected chi connectivity index (χ2v) is 4.21. The first-order valence-electron chi connectivity index (χ1n) is 4.79. The minimum absolute atomic E-state index is 0.0326. The Hall–Kier alpha value is -1.69. The van der Waals surface area contributed by atoms with Crippen LogP contribution in [0.3, 0.4) is 0 Å². The predicted molar refractivity (Wildman–Crippen MR) is 63.4 cm³/mol. The third kappa shape index (κ3) is 2.52. The van der Waals surface area contributed by atoms with Gasteiger partial charge in [-0.2, -0.15) is 4.98 Å². The number of rotatable bonds is 2. The first-order valence-corrected chi connectivity index (χ1v) is 5.58. The first-order chi connectivity index (χ1) is 8.08. The van der Waals surface area contributed by atoms with E-state index in [0.717, 1.165) is 0 Å². The fourth-order valence-electron chi connectivity index (χ4n) is 1.40. The van der Waals surface area contributed by atoms with Gasteiger partial charge in [0.25, 0.3) is 5.56 Å². The molecular weight excluding hydrogens is 291 g/mol. The molecule has 0 amide bonds. The second kappa shape index (κ2) is 4.67. The van der Waals surface area contributed by atoms with Crippen LogP contribution in [0.15, 0.2) is 33.5 Å². The van der Waals surface area contributed by atoms with Crippen LogP contribution >= 0.6 is 15.9 Å². The van der Waals surface area contributed by atoms with Crippen LogP contribution in [-0.2, 0) is 6.42 Å². The SMILES string of the molecule is O=c1[nH]c(Cc2ccccc2F)nc(O)c1Br. The zero-order valence-electron chi connectivity index (χ0n) is 8.58. The third-order valence-electron chi connectivity index (χ3n) is 2.21. The molecule has 0 bridgehead atoms. The fourth-order valence-corrected chi connectivity index (χ4v) is 1.59. The maximum atomic E-state index is 13.4. The zero-order valence-corrected chi connectivity index (χ0v) is 10.2. The number of aromatic nitrogens is 2. The zero-order chi connectivity index (χ0) is 12.4. The molecule has 1 aromatic heterocycles. The molecule has 0 unspecified atom stereocenters. The number of benzene rings is 1. The monoisotopic (exact) mass is 298 g/mol. The van der Waals surface area contributed by atoms with E-state index in [-0.39, 0.29) is 22.5 Å². The van der Waals surface area contributed by atoms with E-state index in [9.17, 15) is 14.3 Å². The molecule has 0 fully saturated rings. The molecule has 0 atom stereocenters. The van der Waals surface area contributed by atoms with E-state index >= 15 is 0 Å². The lowest BCUT2D eigenvalue weighted by molar-refractivity contribution is 0.444. The predicted octanol–water partition coefficient (Wildman–Crippen LogP) is 1.97. The molecule has 0 radical (unpaired) electrons. The van der Waals surface area contributed by atoms with Crippen LogP contribution in [0, 0.1) is 5.82 Å². The van der Waals surface area contributed by atoms with Crippen molar-refractivity contribution in [2.75, 3.05) is 0 Å². The summed E-state index contributed by atoms with van der Waals surface area (Å²) < 4.78 is 13.3. The Morgan fingerprint density at radius 2 is 2.12 bits per heavy atom. The van der Waals surface area contributed by atoms with Crippen molar-refractivity contribution in [2.24, 2.45) is 0 Å². The highest BCUT2D eigenvalue weighted by atomic mass is 79.9. The molecule has 88 valence electrons. The number of nitrogens with one attached hydrogen (secondary N) is 1. The van der Waals surface area contributed by atoms with Crippen LogP contribution < -0.4 is 5.56 Å². The van der Waals surface area contributed by atoms with Crippen LogP contribution in [0.1, 0.15) is 11.4 Å². The molecule has 0 aliphatic rings. The molecule has 1 heterocycles. The van der Waals surface area contributed by atoms with Gasteiger partial charge in [-0.3, -0.25) is 4.79 Å². The van der Waals surface area contributed by atoms with E-state index in [2.05, 4.69) is 25.9 Å². The van der Waals surface area contributed by atoms with Gasteiger partial charge in [0.15, 0.2) is 0 Å². The van der Waals surface area contributed by atoms with E-state index in [4.69, 9.17) is 0 Å². The summed E-state index contributed by atoms with van der Waals surface area (Å²) in [6.45, 7) is 0. The van der Waals surface area contributed by atoms with E-state index < -0.39 is 11.4 Å². The standard InChI is InChI=1S/C11H8BrFN2O2/c12-9-10(16)14-8(15-11(9)17)5-6-3-1-2-4-7(6)13/h1-4H,5H2,(H2,14,15,16,17). The van der Waals surface area contributed by atoms with Gasteiger partial charge in [-0.05, 0) is 27.6 Å². The number of halogens is 2. The van der Waals surface area contributed by atoms with Crippen molar-refractivity contribution in [1.82, 2.24) is 9.97 Å². The molecule has 0 aliphatic carbocycles. The molecular formula is C11H8BrFN2O2. The lowest BCUT2D eigenvalue weighted by atomic mass is 10.1. The van der Waals surface area contributed by atoms with Gasteiger partial charge in [0.1, 0.15) is 16.1 Å². The number of aromatic hydroxyl groups is 1. The second-order valence-electron chi connectivity index (χ2n) is 3.42.